The van der Waals surface area contributed by atoms with Crippen molar-refractivity contribution in [1.29, 1.82) is 0 Å². The second kappa shape index (κ2) is 15.0. The van der Waals surface area contributed by atoms with E-state index < -0.39 is 54.6 Å². The Morgan fingerprint density at radius 2 is 1.33 bits per heavy atom. The van der Waals surface area contributed by atoms with Crippen LogP contribution in [0.25, 0.3) is 5.57 Å². The SMILES string of the molecule is CCC1=C(C)/C(=C(/c2c(F)c(F)c(SCCP(c3ccccc3)c3ccccc3)c(F)c2F)c2c(C)c(CC)c(C)n2B(F)F)N=C1C. The van der Waals surface area contributed by atoms with E-state index in [1.807, 2.05) is 67.6 Å². The number of halogens is 6. The molecule has 1 aliphatic heterocycles. The zero-order valence-electron chi connectivity index (χ0n) is 27.7. The summed E-state index contributed by atoms with van der Waals surface area (Å²) in [6.07, 6.45) is 1.37. The van der Waals surface area contributed by atoms with Crippen LogP contribution in [0, 0.1) is 37.1 Å². The van der Waals surface area contributed by atoms with E-state index in [1.165, 1.54) is 6.92 Å². The van der Waals surface area contributed by atoms with Gasteiger partial charge in [0.05, 0.1) is 16.2 Å². The highest BCUT2D eigenvalue weighted by atomic mass is 32.2. The molecule has 48 heavy (non-hydrogen) atoms. The van der Waals surface area contributed by atoms with Crippen LogP contribution in [0.1, 0.15) is 62.2 Å². The number of nitrogens with zero attached hydrogens (tertiary/aromatic N) is 2. The van der Waals surface area contributed by atoms with Crippen LogP contribution in [0.15, 0.2) is 87.4 Å². The summed E-state index contributed by atoms with van der Waals surface area (Å²) in [5.41, 5.74) is 1.30. The molecule has 0 saturated heterocycles. The average Bonchev–Trinajstić information content (AvgIpc) is 3.51. The minimum absolute atomic E-state index is 0.0165. The number of hydrogen-bond donors (Lipinski definition) is 0. The Hall–Kier alpha value is -3.49. The molecule has 1 aliphatic rings. The zero-order chi connectivity index (χ0) is 34.9. The van der Waals surface area contributed by atoms with E-state index in [1.54, 1.807) is 27.7 Å². The summed E-state index contributed by atoms with van der Waals surface area (Å²) in [4.78, 5) is 3.77. The fraction of sp³-hybridized carbons (Fsp3) is 0.270. The van der Waals surface area contributed by atoms with Crippen LogP contribution in [0.5, 0.6) is 0 Å². The summed E-state index contributed by atoms with van der Waals surface area (Å²) in [7, 11) is -4.01. The van der Waals surface area contributed by atoms with Crippen molar-refractivity contribution in [1.82, 2.24) is 4.48 Å². The van der Waals surface area contributed by atoms with Crippen molar-refractivity contribution >= 4 is 49.0 Å². The molecule has 0 saturated carbocycles. The van der Waals surface area contributed by atoms with Gasteiger partial charge in [-0.1, -0.05) is 74.5 Å². The number of aliphatic imine (C=N–C) groups is 1. The lowest BCUT2D eigenvalue weighted by Gasteiger charge is -2.20. The normalized spacial score (nSPS) is 14.3. The first-order chi connectivity index (χ1) is 22.9. The molecule has 0 radical (unpaired) electrons. The first kappa shape index (κ1) is 35.8. The third-order valence-corrected chi connectivity index (χ3v) is 12.8. The number of hydrogen-bond acceptors (Lipinski definition) is 2. The molecule has 0 atom stereocenters. The van der Waals surface area contributed by atoms with E-state index in [-0.39, 0.29) is 22.8 Å². The van der Waals surface area contributed by atoms with Gasteiger partial charge in [0.2, 0.25) is 0 Å². The van der Waals surface area contributed by atoms with E-state index in [4.69, 9.17) is 0 Å². The van der Waals surface area contributed by atoms with Crippen LogP contribution in [-0.4, -0.2) is 29.5 Å². The molecule has 5 rings (SSSR count). The summed E-state index contributed by atoms with van der Waals surface area (Å²) in [5, 5.41) is 2.12. The number of benzene rings is 3. The molecule has 4 aromatic rings. The Kier molecular flexibility index (Phi) is 11.2. The van der Waals surface area contributed by atoms with Crippen LogP contribution in [0.2, 0.25) is 0 Å². The minimum Gasteiger partial charge on any atom is -0.329 e. The third-order valence-electron chi connectivity index (χ3n) is 8.92. The molecule has 0 fully saturated rings. The Morgan fingerprint density at radius 3 is 1.79 bits per heavy atom. The van der Waals surface area contributed by atoms with Crippen LogP contribution in [0.3, 0.4) is 0 Å². The highest BCUT2D eigenvalue weighted by Crippen LogP contribution is 2.45. The highest BCUT2D eigenvalue weighted by Gasteiger charge is 2.37. The van der Waals surface area contributed by atoms with Crippen molar-refractivity contribution in [3.05, 3.63) is 129 Å². The van der Waals surface area contributed by atoms with E-state index in [9.17, 15) is 8.63 Å². The van der Waals surface area contributed by atoms with Gasteiger partial charge in [-0.25, -0.2) is 17.6 Å². The van der Waals surface area contributed by atoms with Crippen molar-refractivity contribution in [3.8, 4) is 0 Å². The fourth-order valence-corrected chi connectivity index (χ4v) is 10.3. The topological polar surface area (TPSA) is 17.3 Å². The van der Waals surface area contributed by atoms with Gasteiger partial charge in [-0.15, -0.1) is 11.8 Å². The second-order valence-corrected chi connectivity index (χ2v) is 15.0. The quantitative estimate of drug-likeness (QED) is 0.0502. The molecule has 0 N–H and O–H groups in total. The molecule has 250 valence electrons. The lowest BCUT2D eigenvalue weighted by Crippen LogP contribution is -2.20. The van der Waals surface area contributed by atoms with Crippen molar-refractivity contribution < 1.29 is 26.2 Å². The third kappa shape index (κ3) is 6.46. The monoisotopic (exact) mass is 696 g/mol. The maximum Gasteiger partial charge on any atom is 0.677 e. The van der Waals surface area contributed by atoms with E-state index in [0.717, 1.165) is 16.2 Å². The van der Waals surface area contributed by atoms with Gasteiger partial charge in [-0.3, -0.25) is 13.6 Å². The lowest BCUT2D eigenvalue weighted by atomic mass is 9.91. The summed E-state index contributed by atoms with van der Waals surface area (Å²) >= 11 is 0.703. The van der Waals surface area contributed by atoms with Crippen LogP contribution < -0.4 is 10.6 Å². The predicted molar refractivity (Wildman–Crippen MR) is 190 cm³/mol. The maximum absolute atomic E-state index is 16.4. The molecule has 0 bridgehead atoms. The molecule has 0 amide bonds. The van der Waals surface area contributed by atoms with Crippen LogP contribution >= 0.6 is 19.7 Å². The average molecular weight is 697 g/mol. The largest absolute Gasteiger partial charge is 0.677 e. The molecule has 2 nitrogen and oxygen atoms in total. The van der Waals surface area contributed by atoms with Gasteiger partial charge in [-0.05, 0) is 87.5 Å². The van der Waals surface area contributed by atoms with Gasteiger partial charge in [0.1, 0.15) is 0 Å². The molecular formula is C37H36BF6N2PS. The molecular weight excluding hydrogens is 660 g/mol. The Balaban J connectivity index is 1.65. The van der Waals surface area contributed by atoms with E-state index >= 15 is 17.6 Å². The number of allylic oxidation sites excluding steroid dienone is 2. The Labute approximate surface area is 284 Å². The summed E-state index contributed by atoms with van der Waals surface area (Å²) in [6.45, 7) is 10.1. The van der Waals surface area contributed by atoms with Gasteiger partial charge in [0, 0.05) is 28.4 Å². The molecule has 11 heteroatoms. The van der Waals surface area contributed by atoms with Crippen molar-refractivity contribution in [2.45, 2.75) is 59.3 Å². The van der Waals surface area contributed by atoms with Gasteiger partial charge in [0.25, 0.3) is 0 Å². The van der Waals surface area contributed by atoms with Gasteiger partial charge in [-0.2, -0.15) is 0 Å². The van der Waals surface area contributed by atoms with Crippen molar-refractivity contribution in [2.75, 3.05) is 11.9 Å². The summed E-state index contributed by atoms with van der Waals surface area (Å²) in [5.74, 6) is -6.24. The van der Waals surface area contributed by atoms with Crippen LogP contribution in [-0.2, 0) is 6.42 Å². The summed E-state index contributed by atoms with van der Waals surface area (Å²) in [6, 6.07) is 19.4. The van der Waals surface area contributed by atoms with Crippen molar-refractivity contribution in [3.63, 3.8) is 0 Å². The Bertz CT molecular complexity index is 1870. The molecule has 0 unspecified atom stereocenters. The van der Waals surface area contributed by atoms with Crippen LogP contribution in [0.4, 0.5) is 26.2 Å². The predicted octanol–water partition coefficient (Wildman–Crippen LogP) is 10.2. The van der Waals surface area contributed by atoms with E-state index in [2.05, 4.69) is 4.99 Å². The van der Waals surface area contributed by atoms with Gasteiger partial charge >= 0.3 is 7.40 Å². The van der Waals surface area contributed by atoms with Gasteiger partial charge < -0.3 is 4.48 Å². The minimum atomic E-state index is -3.09. The smallest absolute Gasteiger partial charge is 0.329 e. The highest BCUT2D eigenvalue weighted by molar-refractivity contribution is 7.99. The standard InChI is InChI=1S/C37H36BF6N2PS/c1-7-27-21(3)35(45-23(27)5)30(36-22(4)28(8-2)24(6)46(36)38(43)44)29-31(39)33(41)37(34(42)32(29)40)48-20-19-47(25-15-11-9-12-16-25)26-17-13-10-14-18-26/h9-18H,7-8,19-20H2,1-6H3/b35-30+. The first-order valence-corrected chi connectivity index (χ1v) is 18.3. The molecule has 0 aliphatic carbocycles. The van der Waals surface area contributed by atoms with Gasteiger partial charge in [0.15, 0.2) is 23.3 Å². The number of thioether (sulfide) groups is 1. The Morgan fingerprint density at radius 1 is 0.792 bits per heavy atom. The molecule has 1 aromatic heterocycles. The summed E-state index contributed by atoms with van der Waals surface area (Å²) < 4.78 is 95.0. The number of rotatable bonds is 11. The molecule has 0 spiro atoms. The zero-order valence-corrected chi connectivity index (χ0v) is 29.4. The van der Waals surface area contributed by atoms with E-state index in [0.29, 0.717) is 57.7 Å². The maximum atomic E-state index is 16.4. The number of aromatic nitrogens is 1. The molecule has 3 aromatic carbocycles. The van der Waals surface area contributed by atoms with Crippen molar-refractivity contribution in [2.24, 2.45) is 4.99 Å². The fourth-order valence-electron chi connectivity index (χ4n) is 6.65. The first-order valence-electron chi connectivity index (χ1n) is 15.8. The lowest BCUT2D eigenvalue weighted by molar-refractivity contribution is 0.422. The molecule has 2 heterocycles. The second-order valence-electron chi connectivity index (χ2n) is 11.5.